The van der Waals surface area contributed by atoms with Crippen molar-refractivity contribution in [2.24, 2.45) is 0 Å². The van der Waals surface area contributed by atoms with Crippen LogP contribution < -0.4 is 9.64 Å². The zero-order chi connectivity index (χ0) is 25.5. The van der Waals surface area contributed by atoms with Crippen molar-refractivity contribution in [3.8, 4) is 5.75 Å². The Morgan fingerprint density at radius 1 is 0.946 bits per heavy atom. The van der Waals surface area contributed by atoms with Gasteiger partial charge in [-0.05, 0) is 62.8 Å². The van der Waals surface area contributed by atoms with Crippen molar-refractivity contribution >= 4 is 23.5 Å². The van der Waals surface area contributed by atoms with Crippen LogP contribution >= 0.6 is 11.6 Å². The van der Waals surface area contributed by atoms with Crippen molar-refractivity contribution in [2.45, 2.75) is 57.1 Å². The normalized spacial score (nSPS) is 23.2. The van der Waals surface area contributed by atoms with Crippen LogP contribution in [-0.4, -0.2) is 83.8 Å². The maximum absolute atomic E-state index is 13.3. The van der Waals surface area contributed by atoms with Crippen molar-refractivity contribution in [3.05, 3.63) is 47.2 Å². The second-order valence-electron chi connectivity index (χ2n) is 10.5. The number of carbonyl (C=O) groups excluding carboxylic acids is 1. The zero-order valence-corrected chi connectivity index (χ0v) is 22.4. The number of morpholine rings is 1. The molecule has 5 rings (SSSR count). The molecule has 200 valence electrons. The van der Waals surface area contributed by atoms with E-state index in [4.69, 9.17) is 21.1 Å². The summed E-state index contributed by atoms with van der Waals surface area (Å²) in [4.78, 5) is 29.2. The van der Waals surface area contributed by atoms with Gasteiger partial charge >= 0.3 is 0 Å². The first-order valence-electron chi connectivity index (χ1n) is 13.7. The molecular weight excluding hydrogens is 490 g/mol. The lowest BCUT2D eigenvalue weighted by Gasteiger charge is -2.43. The molecule has 0 spiro atoms. The number of halogens is 1. The fourth-order valence-electron chi connectivity index (χ4n) is 5.53. The van der Waals surface area contributed by atoms with Gasteiger partial charge in [0.25, 0.3) is 0 Å². The Labute approximate surface area is 224 Å². The van der Waals surface area contributed by atoms with Crippen molar-refractivity contribution in [3.63, 3.8) is 0 Å². The molecule has 0 aliphatic carbocycles. The quantitative estimate of drug-likeness (QED) is 0.510. The van der Waals surface area contributed by atoms with E-state index in [2.05, 4.69) is 19.8 Å². The van der Waals surface area contributed by atoms with Gasteiger partial charge < -0.3 is 19.3 Å². The molecule has 1 amide bonds. The Morgan fingerprint density at radius 2 is 1.62 bits per heavy atom. The number of hydrogen-bond donors (Lipinski definition) is 0. The summed E-state index contributed by atoms with van der Waals surface area (Å²) in [5.74, 6) is 1.69. The van der Waals surface area contributed by atoms with Crippen LogP contribution in [0, 0.1) is 0 Å². The number of hydrogen-bond acceptors (Lipinski definition) is 7. The van der Waals surface area contributed by atoms with Gasteiger partial charge in [0.1, 0.15) is 18.0 Å². The van der Waals surface area contributed by atoms with Crippen LogP contribution in [0.15, 0.2) is 36.7 Å². The lowest BCUT2D eigenvalue weighted by molar-refractivity contribution is -0.157. The Balaban J connectivity index is 1.26. The first-order chi connectivity index (χ1) is 18.1. The SMILES string of the molecule is O=C(CC1(COc2ccc(Cl)cc2)CN(Cc2cnc(N3CCCCC3)nc2)CCO1)N1CCCCC1. The average molecular weight is 528 g/mol. The summed E-state index contributed by atoms with van der Waals surface area (Å²) in [5, 5.41) is 0.663. The summed E-state index contributed by atoms with van der Waals surface area (Å²) in [6.45, 7) is 6.68. The van der Waals surface area contributed by atoms with Crippen molar-refractivity contribution in [1.82, 2.24) is 19.8 Å². The van der Waals surface area contributed by atoms with Crippen LogP contribution in [0.2, 0.25) is 5.02 Å². The third kappa shape index (κ3) is 7.12. The summed E-state index contributed by atoms with van der Waals surface area (Å²) in [5.41, 5.74) is 0.346. The topological polar surface area (TPSA) is 71.0 Å². The number of likely N-dealkylation sites (tertiary alicyclic amines) is 1. The summed E-state index contributed by atoms with van der Waals surface area (Å²) in [6, 6.07) is 7.32. The third-order valence-corrected chi connectivity index (χ3v) is 7.81. The molecule has 1 atom stereocenters. The van der Waals surface area contributed by atoms with Crippen LogP contribution in [0.1, 0.15) is 50.5 Å². The van der Waals surface area contributed by atoms with E-state index in [0.29, 0.717) is 37.7 Å². The van der Waals surface area contributed by atoms with Crippen LogP contribution in [0.5, 0.6) is 5.75 Å². The molecule has 8 nitrogen and oxygen atoms in total. The van der Waals surface area contributed by atoms with Gasteiger partial charge in [0.15, 0.2) is 0 Å². The number of rotatable bonds is 8. The van der Waals surface area contributed by atoms with E-state index >= 15 is 0 Å². The molecule has 0 N–H and O–H groups in total. The van der Waals surface area contributed by atoms with E-state index < -0.39 is 5.60 Å². The molecule has 0 bridgehead atoms. The minimum Gasteiger partial charge on any atom is -0.491 e. The molecule has 2 aromatic rings. The lowest BCUT2D eigenvalue weighted by Crippen LogP contribution is -2.57. The van der Waals surface area contributed by atoms with Gasteiger partial charge in [-0.2, -0.15) is 0 Å². The fourth-order valence-corrected chi connectivity index (χ4v) is 5.65. The Bertz CT molecular complexity index is 1010. The molecule has 4 heterocycles. The van der Waals surface area contributed by atoms with E-state index in [9.17, 15) is 4.79 Å². The van der Waals surface area contributed by atoms with E-state index in [1.54, 1.807) is 0 Å². The van der Waals surface area contributed by atoms with Crippen molar-refractivity contribution in [2.75, 3.05) is 57.4 Å². The van der Waals surface area contributed by atoms with Gasteiger partial charge in [-0.1, -0.05) is 11.6 Å². The number of carbonyl (C=O) groups is 1. The highest BCUT2D eigenvalue weighted by molar-refractivity contribution is 6.30. The summed E-state index contributed by atoms with van der Waals surface area (Å²) in [6.07, 6.45) is 11.2. The second kappa shape index (κ2) is 12.4. The molecule has 1 aromatic heterocycles. The minimum absolute atomic E-state index is 0.149. The molecule has 1 aromatic carbocycles. The largest absolute Gasteiger partial charge is 0.491 e. The standard InChI is InChI=1S/C28H38ClN5O3/c29-24-7-9-25(10-8-24)36-22-28(17-26(35)33-11-3-1-4-12-33)21-32(15-16-37-28)20-23-18-30-27(31-19-23)34-13-5-2-6-14-34/h7-10,18-19H,1-6,11-17,20-22H2. The highest BCUT2D eigenvalue weighted by Gasteiger charge is 2.41. The third-order valence-electron chi connectivity index (χ3n) is 7.56. The summed E-state index contributed by atoms with van der Waals surface area (Å²) in [7, 11) is 0. The molecule has 0 radical (unpaired) electrons. The number of aromatic nitrogens is 2. The molecule has 3 fully saturated rings. The first kappa shape index (κ1) is 26.2. The van der Waals surface area contributed by atoms with Gasteiger partial charge in [0, 0.05) is 68.8 Å². The second-order valence-corrected chi connectivity index (χ2v) is 11.0. The molecule has 3 saturated heterocycles. The number of anilines is 1. The Kier molecular flexibility index (Phi) is 8.79. The van der Waals surface area contributed by atoms with Crippen LogP contribution in [0.3, 0.4) is 0 Å². The number of ether oxygens (including phenoxy) is 2. The maximum atomic E-state index is 13.3. The zero-order valence-electron chi connectivity index (χ0n) is 21.6. The predicted octanol–water partition coefficient (Wildman–Crippen LogP) is 4.17. The van der Waals surface area contributed by atoms with Crippen LogP contribution in [0.4, 0.5) is 5.95 Å². The number of benzene rings is 1. The van der Waals surface area contributed by atoms with Gasteiger partial charge in [0.05, 0.1) is 13.0 Å². The molecule has 1 unspecified atom stereocenters. The minimum atomic E-state index is -0.721. The number of piperidine rings is 2. The first-order valence-corrected chi connectivity index (χ1v) is 14.0. The predicted molar refractivity (Wildman–Crippen MR) is 144 cm³/mol. The Hall–Kier alpha value is -2.42. The van der Waals surface area contributed by atoms with Gasteiger partial charge in [-0.15, -0.1) is 0 Å². The Morgan fingerprint density at radius 3 is 2.32 bits per heavy atom. The number of nitrogens with zero attached hydrogens (tertiary/aromatic N) is 5. The molecule has 3 aliphatic rings. The van der Waals surface area contributed by atoms with Crippen LogP contribution in [-0.2, 0) is 16.1 Å². The van der Waals surface area contributed by atoms with Crippen molar-refractivity contribution < 1.29 is 14.3 Å². The maximum Gasteiger partial charge on any atom is 0.225 e. The van der Waals surface area contributed by atoms with Crippen molar-refractivity contribution in [1.29, 1.82) is 0 Å². The average Bonchev–Trinajstić information content (AvgIpc) is 2.94. The number of amides is 1. The van der Waals surface area contributed by atoms with E-state index in [0.717, 1.165) is 62.8 Å². The molecule has 3 aliphatic heterocycles. The molecule has 9 heteroatoms. The smallest absolute Gasteiger partial charge is 0.225 e. The fraction of sp³-hybridized carbons (Fsp3) is 0.607. The van der Waals surface area contributed by atoms with Crippen LogP contribution in [0.25, 0.3) is 0 Å². The highest BCUT2D eigenvalue weighted by atomic mass is 35.5. The monoisotopic (exact) mass is 527 g/mol. The van der Waals surface area contributed by atoms with Gasteiger partial charge in [0.2, 0.25) is 11.9 Å². The van der Waals surface area contributed by atoms with Gasteiger partial charge in [-0.25, -0.2) is 9.97 Å². The van der Waals surface area contributed by atoms with E-state index in [1.807, 2.05) is 41.6 Å². The van der Waals surface area contributed by atoms with E-state index in [-0.39, 0.29) is 5.91 Å². The lowest BCUT2D eigenvalue weighted by atomic mass is 9.96. The molecular formula is C28H38ClN5O3. The molecule has 37 heavy (non-hydrogen) atoms. The van der Waals surface area contributed by atoms with Gasteiger partial charge in [-0.3, -0.25) is 9.69 Å². The summed E-state index contributed by atoms with van der Waals surface area (Å²) < 4.78 is 12.5. The molecule has 0 saturated carbocycles. The van der Waals surface area contributed by atoms with E-state index in [1.165, 1.54) is 25.7 Å². The summed E-state index contributed by atoms with van der Waals surface area (Å²) >= 11 is 6.04. The highest BCUT2D eigenvalue weighted by Crippen LogP contribution is 2.28.